The Labute approximate surface area is 272 Å². The number of rotatable bonds is 0. The smallest absolute Gasteiger partial charge is 0.251 e. The summed E-state index contributed by atoms with van der Waals surface area (Å²) in [6.07, 6.45) is 0.789. The van der Waals surface area contributed by atoms with Crippen molar-refractivity contribution in [1.29, 1.82) is 0 Å². The molecule has 0 radical (unpaired) electrons. The normalized spacial score (nSPS) is 37.0. The first kappa shape index (κ1) is 35.9. The zero-order chi connectivity index (χ0) is 35.2. The van der Waals surface area contributed by atoms with Gasteiger partial charge in [0, 0.05) is 40.9 Å². The minimum atomic E-state index is -1.62. The van der Waals surface area contributed by atoms with Gasteiger partial charge < -0.3 is 40.7 Å². The van der Waals surface area contributed by atoms with Crippen LogP contribution in [0.2, 0.25) is 0 Å². The van der Waals surface area contributed by atoms with Crippen molar-refractivity contribution in [3.05, 3.63) is 69.5 Å². The molecule has 1 saturated heterocycles. The summed E-state index contributed by atoms with van der Waals surface area (Å²) in [6.45, 7) is 10.8. The highest BCUT2D eigenvalue weighted by Crippen LogP contribution is 2.42. The van der Waals surface area contributed by atoms with Crippen LogP contribution in [0.15, 0.2) is 47.2 Å². The van der Waals surface area contributed by atoms with Crippen molar-refractivity contribution in [2.45, 2.75) is 79.2 Å². The Balaban J connectivity index is 1.88. The number of carbonyl (C=O) groups is 4. The third-order valence-corrected chi connectivity index (χ3v) is 9.82. The Hall–Kier alpha value is -3.94. The fraction of sp³-hybridized carbons (Fsp3) is 0.486. The Morgan fingerprint density at radius 2 is 1.30 bits per heavy atom. The lowest BCUT2D eigenvalue weighted by Gasteiger charge is -2.45. The van der Waals surface area contributed by atoms with Gasteiger partial charge in [0.15, 0.2) is 17.9 Å². The van der Waals surface area contributed by atoms with E-state index >= 15 is 0 Å². The summed E-state index contributed by atoms with van der Waals surface area (Å²) in [7, 11) is 0. The third kappa shape index (κ3) is 6.48. The highest BCUT2D eigenvalue weighted by molar-refractivity contribution is 6.31. The lowest BCUT2D eigenvalue weighted by Crippen LogP contribution is -2.54. The Kier molecular flexibility index (Phi) is 10.4. The van der Waals surface area contributed by atoms with Crippen LogP contribution < -0.4 is 5.32 Å². The molecule has 1 aromatic rings. The number of phenolic OH excluding ortho intramolecular Hbond substituents is 2. The first-order valence-electron chi connectivity index (χ1n) is 15.6. The molecule has 0 spiro atoms. The Morgan fingerprint density at radius 1 is 0.723 bits per heavy atom. The lowest BCUT2D eigenvalue weighted by molar-refractivity contribution is -0.254. The number of Topliss-reactive ketones (excluding diaryl/α,β-unsaturated/α-hetero) is 2. The summed E-state index contributed by atoms with van der Waals surface area (Å²) < 4.78 is 5.89. The molecular weight excluding hydrogens is 610 g/mol. The first-order chi connectivity index (χ1) is 21.9. The van der Waals surface area contributed by atoms with E-state index in [4.69, 9.17) is 4.74 Å². The van der Waals surface area contributed by atoms with Gasteiger partial charge in [0.1, 0.15) is 11.5 Å². The molecule has 1 aliphatic carbocycles. The van der Waals surface area contributed by atoms with Crippen molar-refractivity contribution >= 4 is 23.3 Å². The van der Waals surface area contributed by atoms with Gasteiger partial charge >= 0.3 is 0 Å². The number of allylic oxidation sites excluding steroid dienone is 5. The maximum Gasteiger partial charge on any atom is 0.251 e. The van der Waals surface area contributed by atoms with E-state index in [1.807, 2.05) is 0 Å². The van der Waals surface area contributed by atoms with E-state index in [9.17, 15) is 49.8 Å². The van der Waals surface area contributed by atoms with Crippen LogP contribution in [-0.4, -0.2) is 84.6 Å². The Morgan fingerprint density at radius 3 is 1.91 bits per heavy atom. The number of ether oxygens (including phenoxy) is 1. The molecule has 5 aliphatic heterocycles. The summed E-state index contributed by atoms with van der Waals surface area (Å²) in [6, 6.07) is 0. The van der Waals surface area contributed by atoms with E-state index in [-0.39, 0.29) is 16.7 Å². The molecule has 1 fully saturated rings. The standard InChI is InChI=1S/C35H43NO11/c1-13-9-8-10-14(2)34(45)36-21-12-22(37)23-24(30(42)17(5)31(43)25(23)32(21)44)27(39)15(3)11-20-29(41)19(7)33(47-35(20)46)18(6)28(40)16(4)26(13)38/h8-13,16,18-20,26,28-29,33,35,38,40-43,46H,1-7H3,(H,36,45)/b9-8+,14-10-,15-11+/t13-,16+,18+,19+,20-,26-,28+,29+,33-,35-/m0/s1. The van der Waals surface area contributed by atoms with Crippen molar-refractivity contribution in [2.24, 2.45) is 29.6 Å². The number of aromatic hydroxyl groups is 2. The summed E-state index contributed by atoms with van der Waals surface area (Å²) in [4.78, 5) is 53.8. The molecule has 6 bridgehead atoms. The summed E-state index contributed by atoms with van der Waals surface area (Å²) in [5.74, 6) is -8.62. The highest BCUT2D eigenvalue weighted by atomic mass is 16.6. The molecule has 1 aromatic carbocycles. The van der Waals surface area contributed by atoms with E-state index in [0.29, 0.717) is 0 Å². The summed E-state index contributed by atoms with van der Waals surface area (Å²) >= 11 is 0. The van der Waals surface area contributed by atoms with Crippen LogP contribution in [0.4, 0.5) is 0 Å². The van der Waals surface area contributed by atoms with Crippen molar-refractivity contribution in [2.75, 3.05) is 0 Å². The molecule has 7 rings (SSSR count). The molecule has 254 valence electrons. The average Bonchev–Trinajstić information content (AvgIpc) is 3.03. The zero-order valence-corrected chi connectivity index (χ0v) is 27.4. The van der Waals surface area contributed by atoms with Gasteiger partial charge in [0.25, 0.3) is 5.91 Å². The second-order valence-electron chi connectivity index (χ2n) is 13.0. The van der Waals surface area contributed by atoms with Gasteiger partial charge in [-0.25, -0.2) is 0 Å². The van der Waals surface area contributed by atoms with Gasteiger partial charge in [0.05, 0.1) is 52.7 Å². The molecule has 0 unspecified atom stereocenters. The number of hydrogen-bond acceptors (Lipinski definition) is 11. The molecule has 1 amide bonds. The highest BCUT2D eigenvalue weighted by Gasteiger charge is 2.46. The molecule has 12 heteroatoms. The minimum absolute atomic E-state index is 0.112. The molecule has 0 aromatic heterocycles. The van der Waals surface area contributed by atoms with Crippen molar-refractivity contribution in [3.63, 3.8) is 0 Å². The predicted octanol–water partition coefficient (Wildman–Crippen LogP) is 2.39. The van der Waals surface area contributed by atoms with Crippen LogP contribution in [0.3, 0.4) is 0 Å². The number of benzene rings is 1. The van der Waals surface area contributed by atoms with Crippen molar-refractivity contribution in [3.8, 4) is 11.5 Å². The number of hydrogen-bond donors (Lipinski definition) is 7. The summed E-state index contributed by atoms with van der Waals surface area (Å²) in [5.41, 5.74) is -2.37. The SMILES string of the molecule is C/C1=C/C=C/[C@H](C)[C@H](O)[C@@H](C)[C@@H](O)[C@@H](C)[C@@H]2O[C@H](O)[C@@H](/C=C(\C)C(=O)c3c(O)c(C)c(O)c4c3C(=O)C=C(NC1=O)C4=O)[C@H](O)[C@H]2C. The largest absolute Gasteiger partial charge is 0.507 e. The predicted molar refractivity (Wildman–Crippen MR) is 169 cm³/mol. The van der Waals surface area contributed by atoms with Crippen LogP contribution in [0.1, 0.15) is 78.2 Å². The van der Waals surface area contributed by atoms with Gasteiger partial charge in [-0.3, -0.25) is 19.2 Å². The molecule has 10 atom stereocenters. The van der Waals surface area contributed by atoms with Crippen molar-refractivity contribution < 1.29 is 54.6 Å². The molecule has 47 heavy (non-hydrogen) atoms. The number of aliphatic hydroxyl groups is 4. The number of ketones is 3. The first-order valence-corrected chi connectivity index (χ1v) is 15.6. The van der Waals surface area contributed by atoms with Crippen LogP contribution in [0.25, 0.3) is 0 Å². The van der Waals surface area contributed by atoms with Crippen molar-refractivity contribution in [1.82, 2.24) is 5.32 Å². The summed E-state index contributed by atoms with van der Waals surface area (Å²) in [5, 5.41) is 68.7. The van der Waals surface area contributed by atoms with Crippen LogP contribution in [-0.2, 0) is 9.53 Å². The minimum Gasteiger partial charge on any atom is -0.507 e. The van der Waals surface area contributed by atoms with E-state index in [1.54, 1.807) is 33.8 Å². The van der Waals surface area contributed by atoms with Gasteiger partial charge in [0.2, 0.25) is 5.78 Å². The average molecular weight is 654 g/mol. The van der Waals surface area contributed by atoms with E-state index in [1.165, 1.54) is 39.0 Å². The van der Waals surface area contributed by atoms with Gasteiger partial charge in [-0.1, -0.05) is 52.0 Å². The molecular formula is C35H43NO11. The van der Waals surface area contributed by atoms with Gasteiger partial charge in [-0.2, -0.15) is 0 Å². The topological polar surface area (TPSA) is 211 Å². The second kappa shape index (κ2) is 13.7. The monoisotopic (exact) mass is 653 g/mol. The molecule has 6 aliphatic rings. The number of carbonyl (C=O) groups excluding carboxylic acids is 4. The third-order valence-electron chi connectivity index (χ3n) is 9.82. The second-order valence-corrected chi connectivity index (χ2v) is 13.0. The lowest BCUT2D eigenvalue weighted by atomic mass is 9.75. The fourth-order valence-corrected chi connectivity index (χ4v) is 6.61. The van der Waals surface area contributed by atoms with Crippen LogP contribution in [0, 0.1) is 36.5 Å². The molecule has 7 N–H and O–H groups in total. The van der Waals surface area contributed by atoms with Gasteiger partial charge in [-0.15, -0.1) is 0 Å². The quantitative estimate of drug-likeness (QED) is 0.216. The maximum atomic E-state index is 13.8. The zero-order valence-electron chi connectivity index (χ0n) is 27.4. The van der Waals surface area contributed by atoms with E-state index in [0.717, 1.165) is 6.08 Å². The molecule has 0 saturated carbocycles. The fourth-order valence-electron chi connectivity index (χ4n) is 6.61. The van der Waals surface area contributed by atoms with Crippen LogP contribution >= 0.6 is 0 Å². The number of nitrogens with one attached hydrogen (secondary N) is 1. The maximum absolute atomic E-state index is 13.8. The number of amides is 1. The molecule has 12 nitrogen and oxygen atoms in total. The van der Waals surface area contributed by atoms with Crippen LogP contribution in [0.5, 0.6) is 11.5 Å². The van der Waals surface area contributed by atoms with E-state index < -0.39 is 117 Å². The van der Waals surface area contributed by atoms with Gasteiger partial charge in [-0.05, 0) is 26.3 Å². The molecule has 5 heterocycles. The Bertz CT molecular complexity index is 1620. The number of aliphatic hydroxyl groups excluding tert-OH is 4. The van der Waals surface area contributed by atoms with E-state index in [2.05, 4.69) is 5.32 Å². The number of phenols is 2.